The van der Waals surface area contributed by atoms with Crippen molar-refractivity contribution in [2.45, 2.75) is 45.9 Å². The number of rotatable bonds is 5. The summed E-state index contributed by atoms with van der Waals surface area (Å²) in [6.45, 7) is 6.18. The number of carbonyl (C=O) groups excluding carboxylic acids is 1. The van der Waals surface area contributed by atoms with Crippen LogP contribution in [0.1, 0.15) is 33.6 Å². The summed E-state index contributed by atoms with van der Waals surface area (Å²) in [6, 6.07) is 0. The minimum Gasteiger partial charge on any atom is -0.436 e. The fourth-order valence-electron chi connectivity index (χ4n) is 1.92. The number of hydrogen-bond acceptors (Lipinski definition) is 3. The number of aliphatic hydroxyl groups excluding tert-OH is 1. The second-order valence-electron chi connectivity index (χ2n) is 4.13. The molecule has 0 aliphatic carbocycles. The third kappa shape index (κ3) is 3.06. The largest absolute Gasteiger partial charge is 0.436 e. The average molecular weight is 274 g/mol. The molecule has 2 atom stereocenters. The van der Waals surface area contributed by atoms with E-state index in [9.17, 15) is 9.90 Å². The Morgan fingerprint density at radius 3 is 2.72 bits per heavy atom. The second-order valence-corrected chi connectivity index (χ2v) is 4.58. The highest BCUT2D eigenvalue weighted by molar-refractivity contribution is 6.30. The van der Waals surface area contributed by atoms with E-state index in [4.69, 9.17) is 16.3 Å². The molecular formula is C13H20ClNO3. The topological polar surface area (TPSA) is 49.8 Å². The maximum Gasteiger partial charge on any atom is 0.412 e. The van der Waals surface area contributed by atoms with Gasteiger partial charge in [-0.3, -0.25) is 4.90 Å². The first-order valence-electron chi connectivity index (χ1n) is 6.23. The van der Waals surface area contributed by atoms with Gasteiger partial charge in [-0.2, -0.15) is 0 Å². The fourth-order valence-corrected chi connectivity index (χ4v) is 2.09. The van der Waals surface area contributed by atoms with Gasteiger partial charge in [-0.05, 0) is 19.8 Å². The van der Waals surface area contributed by atoms with Gasteiger partial charge in [-0.1, -0.05) is 37.6 Å². The van der Waals surface area contributed by atoms with Crippen LogP contribution in [0.5, 0.6) is 0 Å². The molecule has 1 aliphatic rings. The van der Waals surface area contributed by atoms with Crippen molar-refractivity contribution in [1.82, 2.24) is 4.90 Å². The Labute approximate surface area is 113 Å². The summed E-state index contributed by atoms with van der Waals surface area (Å²) in [5, 5.41) is 10.7. The van der Waals surface area contributed by atoms with Crippen LogP contribution in [0.4, 0.5) is 4.79 Å². The van der Waals surface area contributed by atoms with Crippen LogP contribution in [0.15, 0.2) is 22.8 Å². The van der Waals surface area contributed by atoms with E-state index >= 15 is 0 Å². The summed E-state index contributed by atoms with van der Waals surface area (Å²) in [5.74, 6) is 0. The summed E-state index contributed by atoms with van der Waals surface area (Å²) in [7, 11) is 0. The Morgan fingerprint density at radius 2 is 2.22 bits per heavy atom. The number of aliphatic hydroxyl groups is 1. The lowest BCUT2D eigenvalue weighted by atomic mass is 10.1. The van der Waals surface area contributed by atoms with Crippen LogP contribution >= 0.6 is 11.6 Å². The predicted octanol–water partition coefficient (Wildman–Crippen LogP) is 3.01. The summed E-state index contributed by atoms with van der Waals surface area (Å²) in [5.41, 5.74) is 0.668. The van der Waals surface area contributed by atoms with Crippen molar-refractivity contribution in [3.63, 3.8) is 0 Å². The number of allylic oxidation sites excluding steroid dienone is 2. The maximum atomic E-state index is 11.7. The number of cyclic esters (lactones) is 1. The molecule has 4 nitrogen and oxygen atoms in total. The smallest absolute Gasteiger partial charge is 0.412 e. The maximum absolute atomic E-state index is 11.7. The predicted molar refractivity (Wildman–Crippen MR) is 71.3 cm³/mol. The normalized spacial score (nSPS) is 25.6. The Morgan fingerprint density at radius 1 is 1.56 bits per heavy atom. The van der Waals surface area contributed by atoms with Crippen molar-refractivity contribution in [2.75, 3.05) is 6.54 Å². The molecule has 0 unspecified atom stereocenters. The molecule has 18 heavy (non-hydrogen) atoms. The van der Waals surface area contributed by atoms with Crippen LogP contribution in [0.2, 0.25) is 0 Å². The van der Waals surface area contributed by atoms with Crippen LogP contribution in [0.3, 0.4) is 0 Å². The van der Waals surface area contributed by atoms with Gasteiger partial charge < -0.3 is 9.84 Å². The molecule has 1 rings (SSSR count). The van der Waals surface area contributed by atoms with E-state index < -0.39 is 18.4 Å². The molecule has 1 N–H and O–H groups in total. The molecule has 1 aliphatic heterocycles. The Hall–Kier alpha value is -1.00. The lowest BCUT2D eigenvalue weighted by molar-refractivity contribution is 0.0308. The van der Waals surface area contributed by atoms with Crippen molar-refractivity contribution in [1.29, 1.82) is 0 Å². The lowest BCUT2D eigenvalue weighted by Crippen LogP contribution is -2.37. The van der Waals surface area contributed by atoms with Crippen LogP contribution in [-0.4, -0.2) is 35.0 Å². The van der Waals surface area contributed by atoms with Crippen molar-refractivity contribution in [3.05, 3.63) is 22.8 Å². The monoisotopic (exact) mass is 273 g/mol. The standard InChI is InChI=1S/C13H20ClNO3/c1-4-7-9(10(14)6-3)11-12(16)15(8-5-2)13(17)18-11/h4,7,11-12,16H,5-6,8H2,1-3H3/b7-4-,10-9-/t11-,12+/m0/s1. The zero-order valence-corrected chi connectivity index (χ0v) is 11.8. The van der Waals surface area contributed by atoms with Crippen LogP contribution in [0.25, 0.3) is 0 Å². The lowest BCUT2D eigenvalue weighted by Gasteiger charge is -2.20. The molecule has 0 bridgehead atoms. The number of carbonyl (C=O) groups is 1. The molecule has 0 aromatic rings. The van der Waals surface area contributed by atoms with E-state index in [1.165, 1.54) is 4.90 Å². The minimum absolute atomic E-state index is 0.476. The number of halogens is 1. The van der Waals surface area contributed by atoms with Gasteiger partial charge in [-0.15, -0.1) is 0 Å². The number of nitrogens with zero attached hydrogens (tertiary/aromatic N) is 1. The van der Waals surface area contributed by atoms with Crippen molar-refractivity contribution < 1.29 is 14.6 Å². The highest BCUT2D eigenvalue weighted by Gasteiger charge is 2.42. The summed E-state index contributed by atoms with van der Waals surface area (Å²) in [6.07, 6.45) is 2.84. The zero-order chi connectivity index (χ0) is 13.7. The average Bonchev–Trinajstić information content (AvgIpc) is 2.63. The van der Waals surface area contributed by atoms with Gasteiger partial charge in [-0.25, -0.2) is 4.79 Å². The molecule has 0 aromatic carbocycles. The van der Waals surface area contributed by atoms with Gasteiger partial charge in [0.25, 0.3) is 0 Å². The molecule has 1 fully saturated rings. The molecule has 1 heterocycles. The quantitative estimate of drug-likeness (QED) is 0.784. The first-order chi connectivity index (χ1) is 8.56. The molecule has 1 amide bonds. The number of hydrogen-bond donors (Lipinski definition) is 1. The van der Waals surface area contributed by atoms with Crippen molar-refractivity contribution in [2.24, 2.45) is 0 Å². The molecule has 0 aromatic heterocycles. The van der Waals surface area contributed by atoms with Crippen LogP contribution in [-0.2, 0) is 4.74 Å². The summed E-state index contributed by atoms with van der Waals surface area (Å²) in [4.78, 5) is 13.0. The highest BCUT2D eigenvalue weighted by Crippen LogP contribution is 2.29. The van der Waals surface area contributed by atoms with Gasteiger partial charge in [0, 0.05) is 17.2 Å². The minimum atomic E-state index is -0.969. The van der Waals surface area contributed by atoms with Gasteiger partial charge in [0.2, 0.25) is 0 Å². The second kappa shape index (κ2) is 6.81. The third-order valence-corrected chi connectivity index (χ3v) is 3.28. The molecule has 102 valence electrons. The third-order valence-electron chi connectivity index (χ3n) is 2.79. The van der Waals surface area contributed by atoms with Crippen molar-refractivity contribution >= 4 is 17.7 Å². The van der Waals surface area contributed by atoms with E-state index in [0.29, 0.717) is 23.6 Å². The number of amides is 1. The highest BCUT2D eigenvalue weighted by atomic mass is 35.5. The van der Waals surface area contributed by atoms with Crippen molar-refractivity contribution in [3.8, 4) is 0 Å². The first-order valence-corrected chi connectivity index (χ1v) is 6.61. The number of ether oxygens (including phenoxy) is 1. The van der Waals surface area contributed by atoms with Gasteiger partial charge in [0.15, 0.2) is 12.3 Å². The van der Waals surface area contributed by atoms with Gasteiger partial charge >= 0.3 is 6.09 Å². The van der Waals surface area contributed by atoms with Crippen LogP contribution in [0, 0.1) is 0 Å². The van der Waals surface area contributed by atoms with Gasteiger partial charge in [0.1, 0.15) is 0 Å². The molecule has 5 heteroatoms. The fraction of sp³-hybridized carbons (Fsp3) is 0.615. The summed E-state index contributed by atoms with van der Waals surface area (Å²) >= 11 is 6.14. The van der Waals surface area contributed by atoms with E-state index in [-0.39, 0.29) is 0 Å². The first kappa shape index (κ1) is 15.1. The Bertz CT molecular complexity index is 365. The van der Waals surface area contributed by atoms with Crippen LogP contribution < -0.4 is 0 Å². The van der Waals surface area contributed by atoms with E-state index in [0.717, 1.165) is 6.42 Å². The Kier molecular flexibility index (Phi) is 5.69. The molecule has 0 spiro atoms. The molecular weight excluding hydrogens is 254 g/mol. The van der Waals surface area contributed by atoms with E-state index in [1.54, 1.807) is 6.08 Å². The Balaban J connectivity index is 2.99. The van der Waals surface area contributed by atoms with E-state index in [2.05, 4.69) is 0 Å². The summed E-state index contributed by atoms with van der Waals surface area (Å²) < 4.78 is 5.22. The molecule has 0 saturated carbocycles. The molecule has 0 radical (unpaired) electrons. The molecule has 1 saturated heterocycles. The van der Waals surface area contributed by atoms with E-state index in [1.807, 2.05) is 26.8 Å². The van der Waals surface area contributed by atoms with Gasteiger partial charge in [0.05, 0.1) is 0 Å². The SMILES string of the molecule is C/C=C\C(=C(\Cl)CC)[C@@H]1OC(=O)N(CCC)[C@@H]1O. The zero-order valence-electron chi connectivity index (χ0n) is 11.0.